The fourth-order valence-electron chi connectivity index (χ4n) is 5.47. The maximum Gasteiger partial charge on any atom is 0.414 e. The Morgan fingerprint density at radius 2 is 1.73 bits per heavy atom. The van der Waals surface area contributed by atoms with Crippen LogP contribution < -0.4 is 10.5 Å². The highest BCUT2D eigenvalue weighted by Gasteiger charge is 2.55. The average Bonchev–Trinajstić information content (AvgIpc) is 3.17. The number of hydrogen-bond donors (Lipinski definition) is 3. The van der Waals surface area contributed by atoms with E-state index < -0.39 is 11.9 Å². The zero-order chi connectivity index (χ0) is 23.7. The van der Waals surface area contributed by atoms with Crippen LogP contribution in [-0.2, 0) is 20.7 Å². The van der Waals surface area contributed by atoms with Crippen molar-refractivity contribution in [3.05, 3.63) is 21.7 Å². The summed E-state index contributed by atoms with van der Waals surface area (Å²) in [6.07, 6.45) is 4.77. The molecular formula is C23H29BrN2O7. The lowest BCUT2D eigenvalue weighted by Gasteiger charge is -2.32. The first-order chi connectivity index (χ1) is 15.8. The van der Waals surface area contributed by atoms with E-state index in [1.54, 1.807) is 0 Å². The van der Waals surface area contributed by atoms with Gasteiger partial charge in [-0.2, -0.15) is 0 Å². The molecule has 2 atom stereocenters. The summed E-state index contributed by atoms with van der Waals surface area (Å²) >= 11 is 3.50. The molecule has 0 amide bonds. The minimum atomic E-state index is -1.82. The van der Waals surface area contributed by atoms with Crippen LogP contribution >= 0.6 is 15.9 Å². The van der Waals surface area contributed by atoms with E-state index in [4.69, 9.17) is 35.0 Å². The summed E-state index contributed by atoms with van der Waals surface area (Å²) in [5.41, 5.74) is 8.53. The number of likely N-dealkylation sites (tertiary alicyclic amines) is 1. The lowest BCUT2D eigenvalue weighted by atomic mass is 9.98. The summed E-state index contributed by atoms with van der Waals surface area (Å²) in [4.78, 5) is 33.7. The second-order valence-electron chi connectivity index (χ2n) is 9.09. The largest absolute Gasteiger partial charge is 0.492 e. The van der Waals surface area contributed by atoms with E-state index in [0.717, 1.165) is 65.6 Å². The molecule has 1 aromatic carbocycles. The van der Waals surface area contributed by atoms with Gasteiger partial charge in [0.15, 0.2) is 5.78 Å². The molecule has 9 nitrogen and oxygen atoms in total. The number of fused-ring (bicyclic) bond motifs is 2. The molecule has 0 aromatic heterocycles. The second kappa shape index (κ2) is 9.99. The standard InChI is InChI=1S/C21H27BrN2O3.C2H2O4/c22-18-9-15(21-14(20(18)23)5-8-27-21)19(25)2-1-13-16-10-24(11-17(13)16)12-3-6-26-7-4-12;3-1(4)2(5)6/h9,12-13,16-17H,1-8,10-11,23H2;(H,3,4)(H,5,6). The summed E-state index contributed by atoms with van der Waals surface area (Å²) in [6.45, 7) is 4.89. The molecule has 3 heterocycles. The van der Waals surface area contributed by atoms with Crippen molar-refractivity contribution in [2.75, 3.05) is 38.6 Å². The van der Waals surface area contributed by atoms with Crippen LogP contribution in [0.25, 0.3) is 0 Å². The Morgan fingerprint density at radius 1 is 1.09 bits per heavy atom. The minimum absolute atomic E-state index is 0.195. The molecule has 3 aliphatic heterocycles. The molecule has 4 N–H and O–H groups in total. The maximum atomic E-state index is 12.9. The molecular weight excluding hydrogens is 496 g/mol. The van der Waals surface area contributed by atoms with E-state index in [1.807, 2.05) is 6.07 Å². The number of carbonyl (C=O) groups is 3. The number of ketones is 1. The van der Waals surface area contributed by atoms with Gasteiger partial charge >= 0.3 is 11.9 Å². The molecule has 2 saturated heterocycles. The number of aliphatic carboxylic acids is 2. The van der Waals surface area contributed by atoms with E-state index in [-0.39, 0.29) is 5.78 Å². The first-order valence-electron chi connectivity index (χ1n) is 11.3. The number of halogens is 1. The van der Waals surface area contributed by atoms with Crippen LogP contribution in [0.3, 0.4) is 0 Å². The Hall–Kier alpha value is -2.17. The summed E-state index contributed by atoms with van der Waals surface area (Å²) < 4.78 is 12.0. The number of hydrogen-bond acceptors (Lipinski definition) is 7. The molecule has 10 heteroatoms. The normalized spacial score (nSPS) is 25.9. The van der Waals surface area contributed by atoms with Gasteiger partial charge in [-0.3, -0.25) is 9.69 Å². The van der Waals surface area contributed by atoms with Crippen LogP contribution in [0.15, 0.2) is 10.5 Å². The first-order valence-corrected chi connectivity index (χ1v) is 12.1. The number of carboxylic acid groups (broad SMARTS) is 2. The lowest BCUT2D eigenvalue weighted by Crippen LogP contribution is -2.39. The number of nitrogens with two attached hydrogens (primary N) is 1. The van der Waals surface area contributed by atoms with Gasteiger partial charge in [-0.05, 0) is 59.0 Å². The zero-order valence-electron chi connectivity index (χ0n) is 18.3. The topological polar surface area (TPSA) is 139 Å². The zero-order valence-corrected chi connectivity index (χ0v) is 19.9. The predicted molar refractivity (Wildman–Crippen MR) is 122 cm³/mol. The van der Waals surface area contributed by atoms with Crippen LogP contribution in [0.2, 0.25) is 0 Å². The van der Waals surface area contributed by atoms with Gasteiger partial charge < -0.3 is 25.4 Å². The average molecular weight is 525 g/mol. The number of ether oxygens (including phenoxy) is 2. The Kier molecular flexibility index (Phi) is 7.25. The van der Waals surface area contributed by atoms with Gasteiger partial charge in [0.1, 0.15) is 5.75 Å². The van der Waals surface area contributed by atoms with Crippen molar-refractivity contribution in [2.45, 2.75) is 38.1 Å². The quantitative estimate of drug-likeness (QED) is 0.301. The molecule has 1 saturated carbocycles. The van der Waals surface area contributed by atoms with Gasteiger partial charge in [-0.25, -0.2) is 9.59 Å². The molecule has 180 valence electrons. The number of anilines is 1. The number of nitrogens with zero attached hydrogens (tertiary/aromatic N) is 1. The van der Waals surface area contributed by atoms with Crippen molar-refractivity contribution >= 4 is 39.3 Å². The molecule has 1 aliphatic carbocycles. The SMILES string of the molecule is Nc1c(Br)cc(C(=O)CCC2C3CN(C4CCOCC4)CC23)c2c1CCO2.O=C(O)C(=O)O. The number of carbonyl (C=O) groups excluding carboxylic acids is 1. The van der Waals surface area contributed by atoms with E-state index >= 15 is 0 Å². The van der Waals surface area contributed by atoms with E-state index in [9.17, 15) is 4.79 Å². The highest BCUT2D eigenvalue weighted by molar-refractivity contribution is 9.10. The summed E-state index contributed by atoms with van der Waals surface area (Å²) in [6, 6.07) is 2.57. The molecule has 5 rings (SSSR count). The van der Waals surface area contributed by atoms with E-state index in [0.29, 0.717) is 24.3 Å². The second-order valence-corrected chi connectivity index (χ2v) is 9.94. The molecule has 0 spiro atoms. The Morgan fingerprint density at radius 3 is 2.33 bits per heavy atom. The van der Waals surface area contributed by atoms with Crippen LogP contribution in [0.5, 0.6) is 5.75 Å². The molecule has 3 fully saturated rings. The monoisotopic (exact) mass is 524 g/mol. The fraction of sp³-hybridized carbons (Fsp3) is 0.609. The van der Waals surface area contributed by atoms with Gasteiger partial charge in [0.25, 0.3) is 0 Å². The van der Waals surface area contributed by atoms with E-state index in [2.05, 4.69) is 20.8 Å². The predicted octanol–water partition coefficient (Wildman–Crippen LogP) is 2.44. The number of rotatable bonds is 5. The van der Waals surface area contributed by atoms with Crippen molar-refractivity contribution in [2.24, 2.45) is 17.8 Å². The number of piperidine rings is 1. The molecule has 2 unspecified atom stereocenters. The van der Waals surface area contributed by atoms with Gasteiger partial charge in [-0.1, -0.05) is 0 Å². The maximum absolute atomic E-state index is 12.9. The Balaban J connectivity index is 0.000000385. The van der Waals surface area contributed by atoms with Gasteiger partial charge in [0, 0.05) is 55.2 Å². The van der Waals surface area contributed by atoms with Gasteiger partial charge in [0.05, 0.1) is 17.9 Å². The lowest BCUT2D eigenvalue weighted by molar-refractivity contribution is -0.159. The molecule has 4 aliphatic rings. The first kappa shape index (κ1) is 24.0. The van der Waals surface area contributed by atoms with Gasteiger partial charge in [-0.15, -0.1) is 0 Å². The summed E-state index contributed by atoms with van der Waals surface area (Å²) in [5, 5.41) is 14.8. The number of carboxylic acids is 2. The van der Waals surface area contributed by atoms with Crippen LogP contribution in [0, 0.1) is 17.8 Å². The smallest absolute Gasteiger partial charge is 0.414 e. The highest BCUT2D eigenvalue weighted by atomic mass is 79.9. The van der Waals surface area contributed by atoms with Crippen molar-refractivity contribution in [3.8, 4) is 5.75 Å². The molecule has 0 bridgehead atoms. The Bertz CT molecular complexity index is 923. The van der Waals surface area contributed by atoms with Crippen LogP contribution in [-0.4, -0.2) is 71.8 Å². The highest BCUT2D eigenvalue weighted by Crippen LogP contribution is 2.55. The molecule has 0 radical (unpaired) electrons. The van der Waals surface area contributed by atoms with Crippen molar-refractivity contribution < 1.29 is 34.1 Å². The summed E-state index contributed by atoms with van der Waals surface area (Å²) in [5.74, 6) is -0.384. The number of benzene rings is 1. The third kappa shape index (κ3) is 5.17. The minimum Gasteiger partial charge on any atom is -0.492 e. The van der Waals surface area contributed by atoms with E-state index in [1.165, 1.54) is 25.9 Å². The fourth-order valence-corrected chi connectivity index (χ4v) is 5.93. The molecule has 1 aromatic rings. The number of nitrogen functional groups attached to an aromatic ring is 1. The van der Waals surface area contributed by atoms with Gasteiger partial charge in [0.2, 0.25) is 0 Å². The third-order valence-electron chi connectivity index (χ3n) is 7.27. The summed E-state index contributed by atoms with van der Waals surface area (Å²) in [7, 11) is 0. The van der Waals surface area contributed by atoms with Crippen molar-refractivity contribution in [1.82, 2.24) is 4.90 Å². The van der Waals surface area contributed by atoms with Crippen molar-refractivity contribution in [1.29, 1.82) is 0 Å². The van der Waals surface area contributed by atoms with Crippen LogP contribution in [0.4, 0.5) is 5.69 Å². The third-order valence-corrected chi connectivity index (χ3v) is 7.92. The van der Waals surface area contributed by atoms with Crippen LogP contribution in [0.1, 0.15) is 41.6 Å². The van der Waals surface area contributed by atoms with Crippen molar-refractivity contribution in [3.63, 3.8) is 0 Å². The molecule has 33 heavy (non-hydrogen) atoms. The Labute approximate surface area is 200 Å². The number of Topliss-reactive ketones (excluding diaryl/α,β-unsaturated/α-hetero) is 1.